The number of aromatic nitrogens is 2. The molecule has 0 saturated carbocycles. The van der Waals surface area contributed by atoms with Gasteiger partial charge in [0.25, 0.3) is 0 Å². The number of amides is 2. The molecule has 7 nitrogen and oxygen atoms in total. The van der Waals surface area contributed by atoms with E-state index >= 15 is 0 Å². The second-order valence-corrected chi connectivity index (χ2v) is 8.22. The third kappa shape index (κ3) is 6.61. The van der Waals surface area contributed by atoms with Crippen LogP contribution in [0.15, 0.2) is 47.9 Å². The summed E-state index contributed by atoms with van der Waals surface area (Å²) in [7, 11) is 1.95. The monoisotopic (exact) mass is 415 g/mol. The number of rotatable bonds is 10. The Hall–Kier alpha value is -2.32. The van der Waals surface area contributed by atoms with Crippen molar-refractivity contribution in [1.29, 1.82) is 0 Å². The SMILES string of the molecule is Cn1ccnc1SCCNC(=O)C[C@H]1C(=O)NCCN1CCCc1ccccc1. The molecule has 156 valence electrons. The van der Waals surface area contributed by atoms with Gasteiger partial charge in [-0.2, -0.15) is 0 Å². The van der Waals surface area contributed by atoms with Gasteiger partial charge in [-0.05, 0) is 24.9 Å². The Balaban J connectivity index is 1.41. The van der Waals surface area contributed by atoms with E-state index in [-0.39, 0.29) is 24.3 Å². The summed E-state index contributed by atoms with van der Waals surface area (Å²) in [5.74, 6) is 0.614. The number of thioether (sulfide) groups is 1. The van der Waals surface area contributed by atoms with Crippen molar-refractivity contribution >= 4 is 23.6 Å². The largest absolute Gasteiger partial charge is 0.355 e. The Morgan fingerprint density at radius 1 is 1.34 bits per heavy atom. The van der Waals surface area contributed by atoms with Gasteiger partial charge < -0.3 is 15.2 Å². The summed E-state index contributed by atoms with van der Waals surface area (Å²) >= 11 is 1.60. The number of carbonyl (C=O) groups excluding carboxylic acids is 2. The summed E-state index contributed by atoms with van der Waals surface area (Å²) in [5.41, 5.74) is 1.30. The zero-order valence-corrected chi connectivity index (χ0v) is 17.7. The van der Waals surface area contributed by atoms with Gasteiger partial charge in [0.15, 0.2) is 5.16 Å². The Morgan fingerprint density at radius 2 is 2.17 bits per heavy atom. The van der Waals surface area contributed by atoms with E-state index in [1.54, 1.807) is 18.0 Å². The van der Waals surface area contributed by atoms with E-state index < -0.39 is 0 Å². The zero-order chi connectivity index (χ0) is 20.5. The highest BCUT2D eigenvalue weighted by molar-refractivity contribution is 7.99. The first-order valence-electron chi connectivity index (χ1n) is 10.1. The Bertz CT molecular complexity index is 795. The number of nitrogens with zero attached hydrogens (tertiary/aromatic N) is 3. The molecule has 0 spiro atoms. The number of imidazole rings is 1. The van der Waals surface area contributed by atoms with E-state index in [9.17, 15) is 9.59 Å². The fourth-order valence-corrected chi connectivity index (χ4v) is 4.24. The van der Waals surface area contributed by atoms with Crippen molar-refractivity contribution in [1.82, 2.24) is 25.1 Å². The number of hydrogen-bond donors (Lipinski definition) is 2. The molecular formula is C21H29N5O2S. The van der Waals surface area contributed by atoms with Crippen molar-refractivity contribution in [3.63, 3.8) is 0 Å². The van der Waals surface area contributed by atoms with Crippen molar-refractivity contribution in [3.8, 4) is 0 Å². The molecule has 2 amide bonds. The molecule has 0 aliphatic carbocycles. The van der Waals surface area contributed by atoms with Crippen LogP contribution in [-0.2, 0) is 23.1 Å². The van der Waals surface area contributed by atoms with Gasteiger partial charge in [-0.15, -0.1) is 0 Å². The summed E-state index contributed by atoms with van der Waals surface area (Å²) in [5, 5.41) is 6.75. The van der Waals surface area contributed by atoms with Crippen LogP contribution in [-0.4, -0.2) is 64.2 Å². The number of piperazine rings is 1. The summed E-state index contributed by atoms with van der Waals surface area (Å²) in [6, 6.07) is 9.96. The fourth-order valence-electron chi connectivity index (χ4n) is 3.45. The molecule has 2 heterocycles. The lowest BCUT2D eigenvalue weighted by Gasteiger charge is -2.34. The molecule has 1 fully saturated rings. The number of aryl methyl sites for hydroxylation is 2. The van der Waals surface area contributed by atoms with E-state index in [1.165, 1.54) is 5.56 Å². The Morgan fingerprint density at radius 3 is 2.93 bits per heavy atom. The molecular weight excluding hydrogens is 386 g/mol. The zero-order valence-electron chi connectivity index (χ0n) is 16.8. The standard InChI is InChI=1S/C21H29N5O2S/c1-25-13-9-24-21(25)29-15-11-22-19(27)16-18-20(28)23-10-14-26(18)12-5-8-17-6-3-2-4-7-17/h2-4,6-7,9,13,18H,5,8,10-12,14-16H2,1H3,(H,22,27)(H,23,28)/t18-/m0/s1. The second-order valence-electron chi connectivity index (χ2n) is 7.16. The minimum atomic E-state index is -0.387. The first-order valence-corrected chi connectivity index (χ1v) is 11.0. The number of hydrogen-bond acceptors (Lipinski definition) is 5. The van der Waals surface area contributed by atoms with Crippen LogP contribution >= 0.6 is 11.8 Å². The van der Waals surface area contributed by atoms with Crippen LogP contribution in [0.25, 0.3) is 0 Å². The number of carbonyl (C=O) groups is 2. The molecule has 1 aliphatic heterocycles. The average molecular weight is 416 g/mol. The Labute approximate surface area is 176 Å². The van der Waals surface area contributed by atoms with Crippen molar-refractivity contribution in [3.05, 3.63) is 48.3 Å². The summed E-state index contributed by atoms with van der Waals surface area (Å²) in [6.07, 6.45) is 5.80. The molecule has 1 aliphatic rings. The minimum absolute atomic E-state index is 0.0477. The van der Waals surface area contributed by atoms with Crippen molar-refractivity contribution in [2.75, 3.05) is 31.9 Å². The molecule has 1 saturated heterocycles. The predicted molar refractivity (Wildman–Crippen MR) is 115 cm³/mol. The molecule has 1 aromatic carbocycles. The summed E-state index contributed by atoms with van der Waals surface area (Å²) in [6.45, 7) is 2.80. The molecule has 2 N–H and O–H groups in total. The highest BCUT2D eigenvalue weighted by Gasteiger charge is 2.31. The van der Waals surface area contributed by atoms with Crippen LogP contribution < -0.4 is 10.6 Å². The van der Waals surface area contributed by atoms with E-state index in [0.717, 1.165) is 36.8 Å². The third-order valence-electron chi connectivity index (χ3n) is 5.01. The van der Waals surface area contributed by atoms with Gasteiger partial charge in [0, 0.05) is 44.8 Å². The van der Waals surface area contributed by atoms with Gasteiger partial charge in [-0.25, -0.2) is 4.98 Å². The number of benzene rings is 1. The van der Waals surface area contributed by atoms with E-state index in [4.69, 9.17) is 0 Å². The van der Waals surface area contributed by atoms with Crippen molar-refractivity contribution < 1.29 is 9.59 Å². The topological polar surface area (TPSA) is 79.3 Å². The molecule has 0 bridgehead atoms. The maximum Gasteiger partial charge on any atom is 0.237 e. The van der Waals surface area contributed by atoms with Crippen LogP contribution in [0, 0.1) is 0 Å². The van der Waals surface area contributed by atoms with Crippen molar-refractivity contribution in [2.24, 2.45) is 7.05 Å². The van der Waals surface area contributed by atoms with Gasteiger partial charge in [0.1, 0.15) is 0 Å². The normalized spacial score (nSPS) is 17.1. The van der Waals surface area contributed by atoms with Crippen LogP contribution in [0.1, 0.15) is 18.4 Å². The van der Waals surface area contributed by atoms with E-state index in [2.05, 4.69) is 32.7 Å². The van der Waals surface area contributed by atoms with Gasteiger partial charge in [0.05, 0.1) is 12.5 Å². The lowest BCUT2D eigenvalue weighted by Crippen LogP contribution is -2.56. The van der Waals surface area contributed by atoms with E-state index in [1.807, 2.05) is 36.0 Å². The maximum atomic E-state index is 12.4. The quantitative estimate of drug-likeness (QED) is 0.454. The Kier molecular flexibility index (Phi) is 8.13. The second kappa shape index (κ2) is 11.0. The van der Waals surface area contributed by atoms with Gasteiger partial charge in [0.2, 0.25) is 11.8 Å². The fraction of sp³-hybridized carbons (Fsp3) is 0.476. The van der Waals surface area contributed by atoms with Crippen LogP contribution in [0.3, 0.4) is 0 Å². The molecule has 0 unspecified atom stereocenters. The highest BCUT2D eigenvalue weighted by atomic mass is 32.2. The van der Waals surface area contributed by atoms with Gasteiger partial charge >= 0.3 is 0 Å². The van der Waals surface area contributed by atoms with Gasteiger partial charge in [-0.3, -0.25) is 14.5 Å². The summed E-state index contributed by atoms with van der Waals surface area (Å²) < 4.78 is 1.95. The predicted octanol–water partition coefficient (Wildman–Crippen LogP) is 1.45. The lowest BCUT2D eigenvalue weighted by molar-refractivity contribution is -0.133. The van der Waals surface area contributed by atoms with Crippen LogP contribution in [0.4, 0.5) is 0 Å². The average Bonchev–Trinajstić information content (AvgIpc) is 3.13. The minimum Gasteiger partial charge on any atom is -0.355 e. The molecule has 29 heavy (non-hydrogen) atoms. The van der Waals surface area contributed by atoms with E-state index in [0.29, 0.717) is 13.1 Å². The van der Waals surface area contributed by atoms with Crippen LogP contribution in [0.5, 0.6) is 0 Å². The number of nitrogens with one attached hydrogen (secondary N) is 2. The molecule has 0 radical (unpaired) electrons. The first-order chi connectivity index (χ1) is 14.1. The molecule has 1 atom stereocenters. The first kappa shape index (κ1) is 21.4. The smallest absolute Gasteiger partial charge is 0.237 e. The highest BCUT2D eigenvalue weighted by Crippen LogP contribution is 2.14. The third-order valence-corrected chi connectivity index (χ3v) is 6.07. The lowest BCUT2D eigenvalue weighted by atomic mass is 10.1. The molecule has 2 aromatic rings. The molecule has 1 aromatic heterocycles. The molecule has 8 heteroatoms. The maximum absolute atomic E-state index is 12.4. The molecule has 3 rings (SSSR count). The van der Waals surface area contributed by atoms with Crippen molar-refractivity contribution in [2.45, 2.75) is 30.5 Å². The van der Waals surface area contributed by atoms with Crippen LogP contribution in [0.2, 0.25) is 0 Å². The van der Waals surface area contributed by atoms with Gasteiger partial charge in [-0.1, -0.05) is 42.1 Å². The summed E-state index contributed by atoms with van der Waals surface area (Å²) in [4.78, 5) is 31.1.